The van der Waals surface area contributed by atoms with Crippen LogP contribution in [0.15, 0.2) is 29.2 Å². The van der Waals surface area contributed by atoms with Gasteiger partial charge in [0.05, 0.1) is 10.5 Å². The van der Waals surface area contributed by atoms with E-state index in [9.17, 15) is 8.42 Å². The highest BCUT2D eigenvalue weighted by Crippen LogP contribution is 2.30. The highest BCUT2D eigenvalue weighted by molar-refractivity contribution is 8.14. The van der Waals surface area contributed by atoms with Gasteiger partial charge in [-0.05, 0) is 12.1 Å². The second-order valence-corrected chi connectivity index (χ2v) is 6.35. The van der Waals surface area contributed by atoms with E-state index < -0.39 is 9.05 Å². The van der Waals surface area contributed by atoms with Gasteiger partial charge in [-0.1, -0.05) is 35.3 Å². The highest BCUT2D eigenvalue weighted by atomic mass is 35.7. The van der Waals surface area contributed by atoms with Crippen molar-refractivity contribution in [2.45, 2.75) is 4.90 Å². The Labute approximate surface area is 106 Å². The standard InChI is InChI=1S/C9H4Cl3NO2S/c10-6-4-8(11)13-9-5(6)2-1-3-7(9)16(12,14)15/h1-4H. The summed E-state index contributed by atoms with van der Waals surface area (Å²) in [6.45, 7) is 0. The molecule has 7 heteroatoms. The monoisotopic (exact) mass is 295 g/mol. The first-order valence-corrected chi connectivity index (χ1v) is 7.15. The number of rotatable bonds is 1. The average molecular weight is 297 g/mol. The molecule has 0 aliphatic rings. The van der Waals surface area contributed by atoms with Crippen molar-refractivity contribution in [2.75, 3.05) is 0 Å². The van der Waals surface area contributed by atoms with E-state index in [0.29, 0.717) is 10.4 Å². The van der Waals surface area contributed by atoms with Crippen molar-refractivity contribution >= 4 is 53.8 Å². The Hall–Kier alpha value is -0.550. The lowest BCUT2D eigenvalue weighted by molar-refractivity contribution is 0.610. The molecule has 1 aromatic carbocycles. The smallest absolute Gasteiger partial charge is 0.235 e. The van der Waals surface area contributed by atoms with Gasteiger partial charge < -0.3 is 0 Å². The predicted octanol–water partition coefficient (Wildman–Crippen LogP) is 3.47. The summed E-state index contributed by atoms with van der Waals surface area (Å²) >= 11 is 11.6. The van der Waals surface area contributed by atoms with Gasteiger partial charge in [-0.15, -0.1) is 0 Å². The van der Waals surface area contributed by atoms with Crippen LogP contribution in [-0.2, 0) is 9.05 Å². The van der Waals surface area contributed by atoms with Crippen molar-refractivity contribution in [1.29, 1.82) is 0 Å². The summed E-state index contributed by atoms with van der Waals surface area (Å²) < 4.78 is 22.6. The number of para-hydroxylation sites is 1. The van der Waals surface area contributed by atoms with Crippen LogP contribution in [0.5, 0.6) is 0 Å². The minimum atomic E-state index is -3.87. The largest absolute Gasteiger partial charge is 0.263 e. The molecule has 16 heavy (non-hydrogen) atoms. The van der Waals surface area contributed by atoms with Crippen molar-refractivity contribution in [2.24, 2.45) is 0 Å². The van der Waals surface area contributed by atoms with Crippen molar-refractivity contribution in [1.82, 2.24) is 4.98 Å². The van der Waals surface area contributed by atoms with Crippen LogP contribution in [-0.4, -0.2) is 13.4 Å². The fourth-order valence-electron chi connectivity index (χ4n) is 1.35. The van der Waals surface area contributed by atoms with Gasteiger partial charge >= 0.3 is 0 Å². The van der Waals surface area contributed by atoms with E-state index in [0.717, 1.165) is 0 Å². The van der Waals surface area contributed by atoms with Crippen molar-refractivity contribution in [3.63, 3.8) is 0 Å². The molecule has 0 saturated heterocycles. The Bertz CT molecular complexity index is 670. The summed E-state index contributed by atoms with van der Waals surface area (Å²) in [5.74, 6) is 0. The first-order valence-electron chi connectivity index (χ1n) is 4.09. The summed E-state index contributed by atoms with van der Waals surface area (Å²) in [6, 6.07) is 5.98. The van der Waals surface area contributed by atoms with Gasteiger partial charge in [0.1, 0.15) is 10.0 Å². The average Bonchev–Trinajstić information content (AvgIpc) is 2.15. The highest BCUT2D eigenvalue weighted by Gasteiger charge is 2.16. The molecule has 1 heterocycles. The number of benzene rings is 1. The van der Waals surface area contributed by atoms with Crippen LogP contribution in [0.25, 0.3) is 10.9 Å². The molecular weight excluding hydrogens is 293 g/mol. The third kappa shape index (κ3) is 2.11. The molecule has 0 atom stereocenters. The lowest BCUT2D eigenvalue weighted by Crippen LogP contribution is -1.94. The molecule has 2 aromatic rings. The van der Waals surface area contributed by atoms with Crippen LogP contribution in [0.1, 0.15) is 0 Å². The lowest BCUT2D eigenvalue weighted by Gasteiger charge is -2.04. The second kappa shape index (κ2) is 4.04. The number of hydrogen-bond acceptors (Lipinski definition) is 3. The molecule has 84 valence electrons. The maximum absolute atomic E-state index is 11.3. The third-order valence-electron chi connectivity index (χ3n) is 1.98. The summed E-state index contributed by atoms with van der Waals surface area (Å²) in [4.78, 5) is 3.82. The molecule has 0 spiro atoms. The minimum absolute atomic E-state index is 0.101. The molecule has 0 unspecified atom stereocenters. The number of pyridine rings is 1. The first kappa shape index (κ1) is 11.9. The Morgan fingerprint density at radius 1 is 1.19 bits per heavy atom. The van der Waals surface area contributed by atoms with Crippen molar-refractivity contribution in [3.05, 3.63) is 34.4 Å². The SMILES string of the molecule is O=S(=O)(Cl)c1cccc2c(Cl)cc(Cl)nc12. The number of nitrogens with zero attached hydrogens (tertiary/aromatic N) is 1. The first-order chi connectivity index (χ1) is 7.39. The lowest BCUT2D eigenvalue weighted by atomic mass is 10.2. The van der Waals surface area contributed by atoms with Gasteiger partial charge in [0.2, 0.25) is 0 Å². The molecule has 0 fully saturated rings. The summed E-state index contributed by atoms with van der Waals surface area (Å²) in [5, 5.41) is 0.940. The van der Waals surface area contributed by atoms with Gasteiger partial charge in [0.25, 0.3) is 9.05 Å². The van der Waals surface area contributed by atoms with Crippen LogP contribution in [0.3, 0.4) is 0 Å². The fraction of sp³-hybridized carbons (Fsp3) is 0. The topological polar surface area (TPSA) is 47.0 Å². The summed E-state index contributed by atoms with van der Waals surface area (Å²) in [5.41, 5.74) is 0.176. The molecule has 0 amide bonds. The number of halogens is 3. The molecule has 3 nitrogen and oxygen atoms in total. The summed E-state index contributed by atoms with van der Waals surface area (Å²) in [7, 11) is 1.42. The molecule has 0 saturated carbocycles. The van der Waals surface area contributed by atoms with Gasteiger partial charge in [-0.2, -0.15) is 0 Å². The summed E-state index contributed by atoms with van der Waals surface area (Å²) in [6.07, 6.45) is 0. The zero-order valence-corrected chi connectivity index (χ0v) is 10.7. The zero-order chi connectivity index (χ0) is 11.9. The third-order valence-corrected chi connectivity index (χ3v) is 3.84. The molecule has 0 bridgehead atoms. The van der Waals surface area contributed by atoms with Crippen LogP contribution >= 0.6 is 33.9 Å². The van der Waals surface area contributed by atoms with Crippen molar-refractivity contribution in [3.8, 4) is 0 Å². The van der Waals surface area contributed by atoms with E-state index in [-0.39, 0.29) is 15.6 Å². The molecule has 1 aromatic heterocycles. The Kier molecular flexibility index (Phi) is 3.01. The van der Waals surface area contributed by atoms with Gasteiger partial charge in [0, 0.05) is 16.1 Å². The quantitative estimate of drug-likeness (QED) is 0.598. The molecule has 2 rings (SSSR count). The maximum Gasteiger partial charge on any atom is 0.263 e. The van der Waals surface area contributed by atoms with Crippen LogP contribution in [0.2, 0.25) is 10.2 Å². The Balaban J connectivity index is 2.98. The van der Waals surface area contributed by atoms with E-state index in [1.807, 2.05) is 0 Å². The molecule has 0 N–H and O–H groups in total. The number of fused-ring (bicyclic) bond motifs is 1. The van der Waals surface area contributed by atoms with Gasteiger partial charge in [-0.3, -0.25) is 0 Å². The van der Waals surface area contributed by atoms with Crippen LogP contribution < -0.4 is 0 Å². The van der Waals surface area contributed by atoms with Crippen LogP contribution in [0, 0.1) is 0 Å². The molecule has 0 aliphatic carbocycles. The zero-order valence-electron chi connectivity index (χ0n) is 7.62. The van der Waals surface area contributed by atoms with E-state index in [1.54, 1.807) is 12.1 Å². The predicted molar refractivity (Wildman–Crippen MR) is 64.8 cm³/mol. The minimum Gasteiger partial charge on any atom is -0.235 e. The fourth-order valence-corrected chi connectivity index (χ4v) is 2.86. The Morgan fingerprint density at radius 3 is 2.50 bits per heavy atom. The maximum atomic E-state index is 11.3. The molecular formula is C9H4Cl3NO2S. The number of aromatic nitrogens is 1. The van der Waals surface area contributed by atoms with Gasteiger partial charge in [0.15, 0.2) is 0 Å². The van der Waals surface area contributed by atoms with E-state index in [2.05, 4.69) is 4.98 Å². The van der Waals surface area contributed by atoms with E-state index in [1.165, 1.54) is 12.1 Å². The second-order valence-electron chi connectivity index (χ2n) is 3.02. The van der Waals surface area contributed by atoms with E-state index in [4.69, 9.17) is 33.9 Å². The Morgan fingerprint density at radius 2 is 1.88 bits per heavy atom. The van der Waals surface area contributed by atoms with Crippen LogP contribution in [0.4, 0.5) is 0 Å². The molecule has 0 aliphatic heterocycles. The number of hydrogen-bond donors (Lipinski definition) is 0. The molecule has 0 radical (unpaired) electrons. The van der Waals surface area contributed by atoms with E-state index >= 15 is 0 Å². The normalized spacial score (nSPS) is 11.9. The van der Waals surface area contributed by atoms with Gasteiger partial charge in [-0.25, -0.2) is 13.4 Å². The van der Waals surface area contributed by atoms with Crippen molar-refractivity contribution < 1.29 is 8.42 Å².